The Bertz CT molecular complexity index is 1090. The number of carbonyl (C=O) groups is 1. The van der Waals surface area contributed by atoms with Crippen LogP contribution in [0.3, 0.4) is 0 Å². The van der Waals surface area contributed by atoms with Crippen LogP contribution in [-0.2, 0) is 11.3 Å². The van der Waals surface area contributed by atoms with Crippen molar-refractivity contribution in [3.8, 4) is 0 Å². The van der Waals surface area contributed by atoms with E-state index in [0.29, 0.717) is 25.5 Å². The number of aromatic nitrogens is 2. The van der Waals surface area contributed by atoms with Crippen LogP contribution in [0.4, 0.5) is 0 Å². The minimum atomic E-state index is -0.351. The van der Waals surface area contributed by atoms with E-state index < -0.39 is 0 Å². The number of rotatable bonds is 8. The molecule has 0 spiro atoms. The third kappa shape index (κ3) is 4.63. The Kier molecular flexibility index (Phi) is 7.06. The zero-order valence-corrected chi connectivity index (χ0v) is 18.6. The van der Waals surface area contributed by atoms with Crippen molar-refractivity contribution in [2.24, 2.45) is 0 Å². The number of aryl methyl sites for hydroxylation is 1. The molecular formula is C23H30N4O5. The summed E-state index contributed by atoms with van der Waals surface area (Å²) >= 11 is 0. The third-order valence-corrected chi connectivity index (χ3v) is 6.03. The molecule has 1 aliphatic rings. The molecule has 1 fully saturated rings. The Morgan fingerprint density at radius 3 is 2.75 bits per heavy atom. The molecule has 32 heavy (non-hydrogen) atoms. The van der Waals surface area contributed by atoms with E-state index in [1.54, 1.807) is 20.3 Å². The molecule has 0 aromatic carbocycles. The Balaban J connectivity index is 1.58. The summed E-state index contributed by atoms with van der Waals surface area (Å²) in [6.07, 6.45) is 7.77. The molecule has 3 aromatic rings. The number of carbonyl (C=O) groups excluding carboxylic acids is 1. The summed E-state index contributed by atoms with van der Waals surface area (Å²) in [7, 11) is 1.57. The molecule has 0 saturated carbocycles. The van der Waals surface area contributed by atoms with E-state index in [0.717, 1.165) is 31.7 Å². The smallest absolute Gasteiger partial charge is 0.265 e. The maximum absolute atomic E-state index is 13.2. The summed E-state index contributed by atoms with van der Waals surface area (Å²) in [5, 5.41) is 3.21. The monoisotopic (exact) mass is 442 g/mol. The van der Waals surface area contributed by atoms with Crippen LogP contribution in [0.15, 0.2) is 38.4 Å². The van der Waals surface area contributed by atoms with Crippen molar-refractivity contribution in [1.29, 1.82) is 0 Å². The number of fused-ring (bicyclic) bond motifs is 1. The van der Waals surface area contributed by atoms with Gasteiger partial charge in [-0.15, -0.1) is 0 Å². The summed E-state index contributed by atoms with van der Waals surface area (Å²) in [6.45, 7) is 4.68. The van der Waals surface area contributed by atoms with E-state index in [1.165, 1.54) is 23.7 Å². The van der Waals surface area contributed by atoms with Crippen LogP contribution in [0.1, 0.15) is 53.6 Å². The summed E-state index contributed by atoms with van der Waals surface area (Å²) < 4.78 is 17.8. The molecule has 0 radical (unpaired) electrons. The Morgan fingerprint density at radius 1 is 1.28 bits per heavy atom. The zero-order valence-electron chi connectivity index (χ0n) is 18.6. The van der Waals surface area contributed by atoms with Crippen molar-refractivity contribution in [2.75, 3.05) is 33.4 Å². The second-order valence-corrected chi connectivity index (χ2v) is 8.14. The van der Waals surface area contributed by atoms with Crippen LogP contribution in [-0.4, -0.2) is 53.7 Å². The van der Waals surface area contributed by atoms with E-state index in [1.807, 2.05) is 12.1 Å². The molecule has 1 unspecified atom stereocenters. The fourth-order valence-electron chi connectivity index (χ4n) is 4.33. The topological polar surface area (TPSA) is 103 Å². The number of furan rings is 2. The minimum absolute atomic E-state index is 0.0676. The average molecular weight is 443 g/mol. The van der Waals surface area contributed by atoms with Crippen LogP contribution < -0.4 is 10.9 Å². The molecule has 1 atom stereocenters. The van der Waals surface area contributed by atoms with E-state index in [2.05, 4.69) is 15.2 Å². The van der Waals surface area contributed by atoms with Crippen molar-refractivity contribution >= 4 is 17.0 Å². The molecule has 1 amide bonds. The lowest BCUT2D eigenvalue weighted by Crippen LogP contribution is -2.39. The number of nitrogens with zero attached hydrogens (tertiary/aromatic N) is 3. The molecule has 0 aliphatic carbocycles. The molecule has 4 rings (SSSR count). The number of hydrogen-bond acceptors (Lipinski definition) is 7. The van der Waals surface area contributed by atoms with Gasteiger partial charge in [0.05, 0.1) is 31.0 Å². The van der Waals surface area contributed by atoms with Crippen molar-refractivity contribution in [1.82, 2.24) is 19.8 Å². The first-order valence-electron chi connectivity index (χ1n) is 11.1. The van der Waals surface area contributed by atoms with Crippen molar-refractivity contribution in [3.05, 3.63) is 52.2 Å². The number of hydrogen-bond donors (Lipinski definition) is 1. The first kappa shape index (κ1) is 22.3. The third-order valence-electron chi connectivity index (χ3n) is 6.03. The van der Waals surface area contributed by atoms with E-state index in [9.17, 15) is 9.59 Å². The Hall–Kier alpha value is -2.91. The van der Waals surface area contributed by atoms with Gasteiger partial charge in [-0.05, 0) is 45.0 Å². The van der Waals surface area contributed by atoms with Gasteiger partial charge >= 0.3 is 0 Å². The van der Waals surface area contributed by atoms with Crippen LogP contribution in [0.2, 0.25) is 0 Å². The molecule has 4 heterocycles. The predicted octanol–water partition coefficient (Wildman–Crippen LogP) is 2.88. The van der Waals surface area contributed by atoms with E-state index in [4.69, 9.17) is 13.6 Å². The number of amides is 1. The summed E-state index contributed by atoms with van der Waals surface area (Å²) in [4.78, 5) is 32.8. The largest absolute Gasteiger partial charge is 0.468 e. The number of ether oxygens (including phenoxy) is 1. The zero-order chi connectivity index (χ0) is 22.5. The van der Waals surface area contributed by atoms with Crippen LogP contribution in [0.25, 0.3) is 11.1 Å². The fraction of sp³-hybridized carbons (Fsp3) is 0.522. The fourth-order valence-corrected chi connectivity index (χ4v) is 4.33. The highest BCUT2D eigenvalue weighted by Crippen LogP contribution is 2.25. The molecule has 172 valence electrons. The lowest BCUT2D eigenvalue weighted by molar-refractivity contribution is 0.0927. The Labute approximate surface area is 186 Å². The summed E-state index contributed by atoms with van der Waals surface area (Å²) in [5.41, 5.74) is 0.0869. The van der Waals surface area contributed by atoms with Gasteiger partial charge in [0, 0.05) is 13.7 Å². The van der Waals surface area contributed by atoms with Gasteiger partial charge in [0.15, 0.2) is 0 Å². The van der Waals surface area contributed by atoms with Gasteiger partial charge in [0.1, 0.15) is 23.2 Å². The molecule has 1 aliphatic heterocycles. The summed E-state index contributed by atoms with van der Waals surface area (Å²) in [6, 6.07) is 3.74. The minimum Gasteiger partial charge on any atom is -0.468 e. The second-order valence-electron chi connectivity index (χ2n) is 8.14. The summed E-state index contributed by atoms with van der Waals surface area (Å²) in [5.74, 6) is 0.844. The molecule has 0 bridgehead atoms. The molecule has 9 nitrogen and oxygen atoms in total. The maximum atomic E-state index is 13.2. The van der Waals surface area contributed by atoms with Gasteiger partial charge < -0.3 is 18.9 Å². The van der Waals surface area contributed by atoms with Crippen molar-refractivity contribution < 1.29 is 18.4 Å². The normalized spacial score (nSPS) is 16.2. The van der Waals surface area contributed by atoms with Crippen LogP contribution in [0, 0.1) is 6.92 Å². The Morgan fingerprint density at radius 2 is 2.06 bits per heavy atom. The van der Waals surface area contributed by atoms with Gasteiger partial charge in [-0.3, -0.25) is 19.1 Å². The lowest BCUT2D eigenvalue weighted by Gasteiger charge is -2.29. The van der Waals surface area contributed by atoms with Crippen molar-refractivity contribution in [3.63, 3.8) is 0 Å². The van der Waals surface area contributed by atoms with Gasteiger partial charge in [-0.1, -0.05) is 12.8 Å². The number of methoxy groups -OCH3 is 1. The predicted molar refractivity (Wildman–Crippen MR) is 119 cm³/mol. The molecule has 3 aromatic heterocycles. The van der Waals surface area contributed by atoms with E-state index >= 15 is 0 Å². The van der Waals surface area contributed by atoms with Gasteiger partial charge in [-0.2, -0.15) is 0 Å². The number of likely N-dealkylation sites (tertiary alicyclic amines) is 1. The highest BCUT2D eigenvalue weighted by molar-refractivity contribution is 6.06. The highest BCUT2D eigenvalue weighted by atomic mass is 16.5. The molecule has 9 heteroatoms. The lowest BCUT2D eigenvalue weighted by atomic mass is 10.1. The van der Waals surface area contributed by atoms with Crippen LogP contribution >= 0.6 is 0 Å². The molecule has 1 N–H and O–H groups in total. The number of nitrogens with one attached hydrogen (secondary N) is 1. The SMILES string of the molecule is COCCn1cnc2oc(C)c(C(=O)NCC(c3ccco3)N3CCCCCC3)c2c1=O. The van der Waals surface area contributed by atoms with Crippen LogP contribution in [0.5, 0.6) is 0 Å². The first-order chi connectivity index (χ1) is 15.6. The maximum Gasteiger partial charge on any atom is 0.265 e. The van der Waals surface area contributed by atoms with Gasteiger partial charge in [0.25, 0.3) is 11.5 Å². The van der Waals surface area contributed by atoms with Gasteiger partial charge in [-0.25, -0.2) is 4.98 Å². The molecule has 1 saturated heterocycles. The van der Waals surface area contributed by atoms with Gasteiger partial charge in [0.2, 0.25) is 5.71 Å². The molecular weight excluding hydrogens is 412 g/mol. The van der Waals surface area contributed by atoms with E-state index in [-0.39, 0.29) is 34.2 Å². The average Bonchev–Trinajstić information content (AvgIpc) is 3.34. The first-order valence-corrected chi connectivity index (χ1v) is 11.1. The second kappa shape index (κ2) is 10.1. The quantitative estimate of drug-likeness (QED) is 0.572. The van der Waals surface area contributed by atoms with Crippen molar-refractivity contribution in [2.45, 2.75) is 45.2 Å². The highest BCUT2D eigenvalue weighted by Gasteiger charge is 2.27. The standard InChI is InChI=1S/C23H30N4O5/c1-16-19(20-22(32-16)25-15-27(23(20)29)11-13-30-2)21(28)24-14-17(18-8-7-12-31-18)26-9-5-3-4-6-10-26/h7-8,12,15,17H,3-6,9-11,13-14H2,1-2H3,(H,24,28).